The Kier molecular flexibility index (Phi) is 87.0. The van der Waals surface area contributed by atoms with Gasteiger partial charge in [0, 0.05) is 147 Å². The van der Waals surface area contributed by atoms with Crippen molar-refractivity contribution in [1.82, 2.24) is 19.6 Å². The van der Waals surface area contributed by atoms with E-state index < -0.39 is 0 Å². The summed E-state index contributed by atoms with van der Waals surface area (Å²) < 4.78 is 0. The molecule has 16 nitrogen and oxygen atoms in total. The van der Waals surface area contributed by atoms with Gasteiger partial charge in [0.2, 0.25) is 0 Å². The molecule has 0 spiro atoms. The average Bonchev–Trinajstić information content (AvgIpc) is 2.92. The molecule has 292 valence electrons. The molecule has 44 heavy (non-hydrogen) atoms. The van der Waals surface area contributed by atoms with Crippen LogP contribution in [-0.4, -0.2) is 239 Å². The quantitative estimate of drug-likeness (QED) is 0.0403. The Morgan fingerprint density at radius 1 is 0.182 bits per heavy atom. The number of nitrogens with zero attached hydrogens (tertiary/aromatic N) is 4. The van der Waals surface area contributed by atoms with E-state index in [-0.39, 0.29) is 148 Å². The van der Waals surface area contributed by atoms with Gasteiger partial charge >= 0.3 is 0 Å². The van der Waals surface area contributed by atoms with Crippen LogP contribution < -0.4 is 0 Å². The van der Waals surface area contributed by atoms with Crippen molar-refractivity contribution in [3.8, 4) is 0 Å². The van der Waals surface area contributed by atoms with Gasteiger partial charge in [0.25, 0.3) is 0 Å². The maximum absolute atomic E-state index is 8.48. The molecule has 0 saturated carbocycles. The fraction of sp³-hybridized carbons (Fsp3) is 1.00. The molecule has 0 aliphatic carbocycles. The van der Waals surface area contributed by atoms with E-state index in [9.17, 15) is 0 Å². The van der Waals surface area contributed by atoms with Crippen molar-refractivity contribution in [2.45, 2.75) is 0 Å². The molecule has 0 amide bonds. The molecule has 0 atom stereocenters. The van der Waals surface area contributed by atoms with Crippen LogP contribution in [0, 0.1) is 0 Å². The Morgan fingerprint density at radius 3 is 0.295 bits per heavy atom. The first-order valence-electron chi connectivity index (χ1n) is 13.6. The van der Waals surface area contributed by atoms with Gasteiger partial charge in [-0.25, -0.2) is 0 Å². The van der Waals surface area contributed by atoms with Crippen LogP contribution in [0.3, 0.4) is 0 Å². The zero-order valence-electron chi connectivity index (χ0n) is 25.3. The summed E-state index contributed by atoms with van der Waals surface area (Å²) in [6.45, 7) is 7.01. The van der Waals surface area contributed by atoms with E-state index in [0.29, 0.717) is 78.5 Å². The second-order valence-corrected chi connectivity index (χ2v) is 8.05. The van der Waals surface area contributed by atoms with Gasteiger partial charge < -0.3 is 61.3 Å². The third-order valence-corrected chi connectivity index (χ3v) is 4.99. The molecule has 0 aliphatic rings. The second-order valence-electron chi connectivity index (χ2n) is 8.05. The number of hydrogen-bond donors (Lipinski definition) is 12. The Morgan fingerprint density at radius 2 is 0.250 bits per heavy atom. The first-order chi connectivity index (χ1) is 19.4. The van der Waals surface area contributed by atoms with E-state index >= 15 is 0 Å². The van der Waals surface area contributed by atoms with E-state index in [2.05, 4.69) is 0 Å². The van der Waals surface area contributed by atoms with Crippen LogP contribution in [0.1, 0.15) is 0 Å². The summed E-state index contributed by atoms with van der Waals surface area (Å²) in [6.07, 6.45) is 0. The minimum absolute atomic E-state index is 0. The third-order valence-electron chi connectivity index (χ3n) is 4.99. The largest absolute Gasteiger partial charge is 0.395 e. The summed E-state index contributed by atoms with van der Waals surface area (Å²) in [7, 11) is 0. The molecule has 0 aromatic carbocycles. The molecule has 0 unspecified atom stereocenters. The molecule has 4 radical (unpaired) electrons. The molecular weight excluding hydrogens is 790 g/mol. The monoisotopic (exact) mass is 848 g/mol. The van der Waals surface area contributed by atoms with Gasteiger partial charge in [-0.05, 0) is 0 Å². The Balaban J connectivity index is -0.0000000635. The fourth-order valence-electron chi connectivity index (χ4n) is 3.04. The van der Waals surface area contributed by atoms with Crippen molar-refractivity contribution in [1.29, 1.82) is 0 Å². The van der Waals surface area contributed by atoms with Crippen LogP contribution in [0.25, 0.3) is 0 Å². The van der Waals surface area contributed by atoms with Crippen LogP contribution in [0.2, 0.25) is 0 Å². The molecule has 12 N–H and O–H groups in total. The van der Waals surface area contributed by atoms with Crippen LogP contribution >= 0.6 is 0 Å². The standard InChI is InChI=1S/4C6H15NO3.4Cu/c4*8-4-1-7(2-5-9)3-6-10;;;;/h4*8-10H,1-6H2;;;;. The van der Waals surface area contributed by atoms with E-state index in [1.54, 1.807) is 19.6 Å². The van der Waals surface area contributed by atoms with Gasteiger partial charge in [0.15, 0.2) is 0 Å². The number of rotatable bonds is 24. The summed E-state index contributed by atoms with van der Waals surface area (Å²) >= 11 is 0. The molecule has 0 rings (SSSR count). The van der Waals surface area contributed by atoms with Gasteiger partial charge in [-0.3, -0.25) is 19.6 Å². The smallest absolute Gasteiger partial charge is 0.0558 e. The van der Waals surface area contributed by atoms with Crippen molar-refractivity contribution in [3.63, 3.8) is 0 Å². The number of aliphatic hydroxyl groups excluding tert-OH is 12. The van der Waals surface area contributed by atoms with E-state index in [1.165, 1.54) is 0 Å². The minimum Gasteiger partial charge on any atom is -0.395 e. The maximum Gasteiger partial charge on any atom is 0.0558 e. The Labute approximate surface area is 305 Å². The zero-order chi connectivity index (χ0) is 31.3. The molecular formula is C24H60Cu4N4O12. The first-order valence-corrected chi connectivity index (χ1v) is 13.6. The fourth-order valence-corrected chi connectivity index (χ4v) is 3.04. The summed E-state index contributed by atoms with van der Waals surface area (Å²) in [4.78, 5) is 7.17. The molecule has 0 heterocycles. The molecule has 0 aromatic heterocycles. The van der Waals surface area contributed by atoms with E-state index in [4.69, 9.17) is 61.3 Å². The number of aliphatic hydroxyl groups is 12. The Bertz CT molecular complexity index is 314. The minimum atomic E-state index is 0. The molecule has 0 aliphatic heterocycles. The van der Waals surface area contributed by atoms with Crippen molar-refractivity contribution in [2.75, 3.05) is 158 Å². The van der Waals surface area contributed by atoms with E-state index in [1.807, 2.05) is 0 Å². The SMILES string of the molecule is OCCN(CCO)CCO.OCCN(CCO)CCO.OCCN(CCO)CCO.OCCN(CCO)CCO.[Cu].[Cu].[Cu].[Cu]. The van der Waals surface area contributed by atoms with Crippen molar-refractivity contribution in [3.05, 3.63) is 0 Å². The molecule has 20 heteroatoms. The summed E-state index contributed by atoms with van der Waals surface area (Å²) in [6, 6.07) is 0. The topological polar surface area (TPSA) is 256 Å². The van der Waals surface area contributed by atoms with Crippen LogP contribution in [0.5, 0.6) is 0 Å². The molecule has 0 saturated heterocycles. The molecule has 0 aromatic rings. The van der Waals surface area contributed by atoms with Gasteiger partial charge in [-0.1, -0.05) is 0 Å². The summed E-state index contributed by atoms with van der Waals surface area (Å²) in [5.74, 6) is 0. The third kappa shape index (κ3) is 55.8. The predicted octanol–water partition coefficient (Wildman–Crippen LogP) is -6.95. The number of hydrogen-bond acceptors (Lipinski definition) is 16. The normalized spacial score (nSPS) is 9.82. The average molecular weight is 851 g/mol. The van der Waals surface area contributed by atoms with Crippen LogP contribution in [0.4, 0.5) is 0 Å². The van der Waals surface area contributed by atoms with Crippen molar-refractivity contribution >= 4 is 0 Å². The maximum atomic E-state index is 8.48. The van der Waals surface area contributed by atoms with Gasteiger partial charge in [-0.15, -0.1) is 0 Å². The predicted molar refractivity (Wildman–Crippen MR) is 151 cm³/mol. The molecule has 0 bridgehead atoms. The van der Waals surface area contributed by atoms with Crippen LogP contribution in [-0.2, 0) is 68.3 Å². The van der Waals surface area contributed by atoms with E-state index in [0.717, 1.165) is 0 Å². The second kappa shape index (κ2) is 59.8. The zero-order valence-corrected chi connectivity index (χ0v) is 29.1. The summed E-state index contributed by atoms with van der Waals surface area (Å²) in [5, 5.41) is 102. The molecule has 0 fully saturated rings. The summed E-state index contributed by atoms with van der Waals surface area (Å²) in [5.41, 5.74) is 0. The van der Waals surface area contributed by atoms with Crippen molar-refractivity contribution in [2.24, 2.45) is 0 Å². The first kappa shape index (κ1) is 64.0. The van der Waals surface area contributed by atoms with Crippen molar-refractivity contribution < 1.29 is 130 Å². The van der Waals surface area contributed by atoms with Gasteiger partial charge in [-0.2, -0.15) is 0 Å². The van der Waals surface area contributed by atoms with Gasteiger partial charge in [0.1, 0.15) is 0 Å². The Hall–Kier alpha value is 1.44. The van der Waals surface area contributed by atoms with Gasteiger partial charge in [0.05, 0.1) is 79.3 Å². The van der Waals surface area contributed by atoms with Crippen LogP contribution in [0.15, 0.2) is 0 Å².